The monoisotopic (exact) mass is 240 g/mol. The molecule has 0 bridgehead atoms. The number of carbonyl (C=O) groups excluding carboxylic acids is 2. The number of primary amides is 1. The predicted octanol–water partition coefficient (Wildman–Crippen LogP) is -1.22. The van der Waals surface area contributed by atoms with Crippen LogP contribution in [0.3, 0.4) is 0 Å². The number of aromatic nitrogens is 2. The lowest BCUT2D eigenvalue weighted by Gasteiger charge is -2.12. The number of rotatable bonds is 5. The molecule has 1 aromatic rings. The number of carbonyl (C=O) groups is 3. The maximum Gasteiger partial charge on any atom is 0.326 e. The van der Waals surface area contributed by atoms with Gasteiger partial charge in [0, 0.05) is 0 Å². The van der Waals surface area contributed by atoms with Crippen LogP contribution in [-0.4, -0.2) is 39.1 Å². The Bertz CT molecular complexity index is 454. The van der Waals surface area contributed by atoms with Gasteiger partial charge in [0.25, 0.3) is 5.91 Å². The van der Waals surface area contributed by atoms with Crippen LogP contribution in [0.15, 0.2) is 6.20 Å². The highest BCUT2D eigenvalue weighted by molar-refractivity contribution is 5.97. The molecule has 0 spiro atoms. The summed E-state index contributed by atoms with van der Waals surface area (Å²) in [6.45, 7) is 1.64. The molecule has 1 rings (SSSR count). The largest absolute Gasteiger partial charge is 0.480 e. The van der Waals surface area contributed by atoms with Crippen molar-refractivity contribution >= 4 is 17.8 Å². The second-order valence-corrected chi connectivity index (χ2v) is 3.46. The van der Waals surface area contributed by atoms with Gasteiger partial charge in [-0.25, -0.2) is 4.79 Å². The van der Waals surface area contributed by atoms with Crippen molar-refractivity contribution in [3.8, 4) is 0 Å². The number of hydrogen-bond donors (Lipinski definition) is 4. The van der Waals surface area contributed by atoms with E-state index < -0.39 is 30.2 Å². The molecule has 8 nitrogen and oxygen atoms in total. The van der Waals surface area contributed by atoms with Gasteiger partial charge >= 0.3 is 5.97 Å². The molecule has 0 aliphatic carbocycles. The summed E-state index contributed by atoms with van der Waals surface area (Å²) in [5.41, 5.74) is 5.61. The van der Waals surface area contributed by atoms with Crippen LogP contribution in [0.1, 0.15) is 22.5 Å². The van der Waals surface area contributed by atoms with Crippen molar-refractivity contribution in [1.82, 2.24) is 15.5 Å². The Balaban J connectivity index is 2.74. The third-order valence-electron chi connectivity index (χ3n) is 2.06. The minimum Gasteiger partial charge on any atom is -0.480 e. The quantitative estimate of drug-likeness (QED) is 0.510. The zero-order chi connectivity index (χ0) is 13.0. The van der Waals surface area contributed by atoms with E-state index in [1.807, 2.05) is 0 Å². The molecule has 5 N–H and O–H groups in total. The second kappa shape index (κ2) is 5.10. The van der Waals surface area contributed by atoms with Crippen molar-refractivity contribution in [3.63, 3.8) is 0 Å². The molecular formula is C9H12N4O4. The number of H-pyrrole nitrogens is 1. The van der Waals surface area contributed by atoms with Crippen LogP contribution in [0.4, 0.5) is 0 Å². The van der Waals surface area contributed by atoms with Crippen LogP contribution in [0.25, 0.3) is 0 Å². The molecule has 0 unspecified atom stereocenters. The molecule has 8 heteroatoms. The van der Waals surface area contributed by atoms with Crippen molar-refractivity contribution in [2.24, 2.45) is 5.73 Å². The Morgan fingerprint density at radius 1 is 1.59 bits per heavy atom. The summed E-state index contributed by atoms with van der Waals surface area (Å²) in [5.74, 6) is -2.78. The number of hydrogen-bond acceptors (Lipinski definition) is 4. The molecule has 2 amide bonds. The smallest absolute Gasteiger partial charge is 0.326 e. The average molecular weight is 240 g/mol. The summed E-state index contributed by atoms with van der Waals surface area (Å²) >= 11 is 0. The highest BCUT2D eigenvalue weighted by atomic mass is 16.4. The van der Waals surface area contributed by atoms with E-state index in [9.17, 15) is 14.4 Å². The number of aryl methyl sites for hydroxylation is 1. The Hall–Kier alpha value is -2.38. The van der Waals surface area contributed by atoms with E-state index in [0.29, 0.717) is 5.56 Å². The lowest BCUT2D eigenvalue weighted by Crippen LogP contribution is -2.43. The number of nitrogens with zero attached hydrogens (tertiary/aromatic N) is 1. The van der Waals surface area contributed by atoms with Crippen LogP contribution in [0.2, 0.25) is 0 Å². The standard InChI is InChI=1S/C9H12N4O4/c1-4-3-11-13-7(4)8(15)12-5(9(16)17)2-6(10)14/h3,5H,2H2,1H3,(H2,10,14)(H,11,13)(H,12,15)(H,16,17)/t5-/m0/s1. The third kappa shape index (κ3) is 3.30. The molecule has 1 heterocycles. The van der Waals surface area contributed by atoms with Gasteiger partial charge in [0.05, 0.1) is 12.6 Å². The SMILES string of the molecule is Cc1cn[nH]c1C(=O)N[C@@H](CC(N)=O)C(=O)O. The van der Waals surface area contributed by atoms with E-state index >= 15 is 0 Å². The van der Waals surface area contributed by atoms with Crippen LogP contribution in [0, 0.1) is 6.92 Å². The molecule has 0 aromatic carbocycles. The van der Waals surface area contributed by atoms with Crippen molar-refractivity contribution in [2.75, 3.05) is 0 Å². The molecule has 0 saturated heterocycles. The van der Waals surface area contributed by atoms with E-state index in [0.717, 1.165) is 0 Å². The first kappa shape index (κ1) is 12.7. The number of amides is 2. The van der Waals surface area contributed by atoms with Crippen molar-refractivity contribution in [3.05, 3.63) is 17.5 Å². The maximum atomic E-state index is 11.6. The molecule has 1 atom stereocenters. The topological polar surface area (TPSA) is 138 Å². The molecular weight excluding hydrogens is 228 g/mol. The molecule has 1 aromatic heterocycles. The van der Waals surface area contributed by atoms with Crippen LogP contribution in [0.5, 0.6) is 0 Å². The molecule has 17 heavy (non-hydrogen) atoms. The molecule has 92 valence electrons. The van der Waals surface area contributed by atoms with E-state index in [1.165, 1.54) is 6.20 Å². The lowest BCUT2D eigenvalue weighted by molar-refractivity contribution is -0.140. The highest BCUT2D eigenvalue weighted by Crippen LogP contribution is 2.03. The van der Waals surface area contributed by atoms with Crippen LogP contribution >= 0.6 is 0 Å². The van der Waals surface area contributed by atoms with Crippen LogP contribution in [-0.2, 0) is 9.59 Å². The molecule has 0 aliphatic heterocycles. The molecule has 0 fully saturated rings. The number of carboxylic acid groups (broad SMARTS) is 1. The first-order valence-electron chi connectivity index (χ1n) is 4.73. The summed E-state index contributed by atoms with van der Waals surface area (Å²) in [6.07, 6.45) is 0.965. The minimum absolute atomic E-state index is 0.153. The summed E-state index contributed by atoms with van der Waals surface area (Å²) < 4.78 is 0. The predicted molar refractivity (Wildman–Crippen MR) is 56.0 cm³/mol. The first-order valence-corrected chi connectivity index (χ1v) is 4.73. The van der Waals surface area contributed by atoms with Gasteiger partial charge in [-0.2, -0.15) is 5.10 Å². The summed E-state index contributed by atoms with van der Waals surface area (Å²) in [7, 11) is 0. The number of aliphatic carboxylic acids is 1. The van der Waals surface area contributed by atoms with Gasteiger partial charge < -0.3 is 16.2 Å². The summed E-state index contributed by atoms with van der Waals surface area (Å²) in [5, 5.41) is 17.0. The normalized spacial score (nSPS) is 11.8. The third-order valence-corrected chi connectivity index (χ3v) is 2.06. The number of nitrogens with one attached hydrogen (secondary N) is 2. The average Bonchev–Trinajstić information content (AvgIpc) is 2.62. The van der Waals surface area contributed by atoms with Gasteiger partial charge in [-0.15, -0.1) is 0 Å². The highest BCUT2D eigenvalue weighted by Gasteiger charge is 2.23. The fourth-order valence-electron chi connectivity index (χ4n) is 1.21. The fraction of sp³-hybridized carbons (Fsp3) is 0.333. The van der Waals surface area contributed by atoms with Gasteiger partial charge in [0.15, 0.2) is 0 Å². The van der Waals surface area contributed by atoms with Crippen LogP contribution < -0.4 is 11.1 Å². The van der Waals surface area contributed by atoms with Gasteiger partial charge in [0.1, 0.15) is 11.7 Å². The second-order valence-electron chi connectivity index (χ2n) is 3.46. The Labute approximate surface area is 96.2 Å². The van der Waals surface area contributed by atoms with Gasteiger partial charge in [0.2, 0.25) is 5.91 Å². The van der Waals surface area contributed by atoms with E-state index in [1.54, 1.807) is 6.92 Å². The number of aromatic amines is 1. The van der Waals surface area contributed by atoms with E-state index in [2.05, 4.69) is 15.5 Å². The molecule has 0 aliphatic rings. The number of nitrogens with two attached hydrogens (primary N) is 1. The van der Waals surface area contributed by atoms with Gasteiger partial charge in [-0.1, -0.05) is 0 Å². The van der Waals surface area contributed by atoms with Crippen molar-refractivity contribution < 1.29 is 19.5 Å². The zero-order valence-corrected chi connectivity index (χ0v) is 9.06. The van der Waals surface area contributed by atoms with Crippen molar-refractivity contribution in [2.45, 2.75) is 19.4 Å². The number of carboxylic acids is 1. The van der Waals surface area contributed by atoms with Crippen molar-refractivity contribution in [1.29, 1.82) is 0 Å². The lowest BCUT2D eigenvalue weighted by atomic mass is 10.2. The van der Waals surface area contributed by atoms with E-state index in [-0.39, 0.29) is 5.69 Å². The summed E-state index contributed by atoms with van der Waals surface area (Å²) in [6, 6.07) is -1.34. The maximum absolute atomic E-state index is 11.6. The summed E-state index contributed by atoms with van der Waals surface area (Å²) in [4.78, 5) is 33.0. The van der Waals surface area contributed by atoms with Gasteiger partial charge in [-0.05, 0) is 12.5 Å². The van der Waals surface area contributed by atoms with E-state index in [4.69, 9.17) is 10.8 Å². The first-order chi connectivity index (χ1) is 7.91. The fourth-order valence-corrected chi connectivity index (χ4v) is 1.21. The Morgan fingerprint density at radius 2 is 2.24 bits per heavy atom. The Morgan fingerprint density at radius 3 is 2.65 bits per heavy atom. The van der Waals surface area contributed by atoms with Gasteiger partial charge in [-0.3, -0.25) is 14.7 Å². The minimum atomic E-state index is -1.34. The Kier molecular flexibility index (Phi) is 3.81. The zero-order valence-electron chi connectivity index (χ0n) is 9.06. The molecule has 0 radical (unpaired) electrons. The molecule has 0 saturated carbocycles.